The monoisotopic (exact) mass is 249 g/mol. The van der Waals surface area contributed by atoms with Gasteiger partial charge >= 0.3 is 6.18 Å². The molecule has 1 saturated heterocycles. The van der Waals surface area contributed by atoms with E-state index in [0.29, 0.717) is 17.7 Å². The molecule has 0 spiro atoms. The molecule has 0 aliphatic carbocycles. The summed E-state index contributed by atoms with van der Waals surface area (Å²) in [7, 11) is 0. The molecule has 1 unspecified atom stereocenters. The molecule has 1 atom stereocenters. The number of nitrogens with zero attached hydrogens (tertiary/aromatic N) is 3. The van der Waals surface area contributed by atoms with Crippen LogP contribution in [0.15, 0.2) is 0 Å². The Labute approximate surface area is 94.5 Å². The SMILES string of the molecule is O=Cc1nnn(CC2CCCO2)c1C(F)(F)F. The molecule has 1 aliphatic heterocycles. The first-order valence-electron chi connectivity index (χ1n) is 5.10. The van der Waals surface area contributed by atoms with Crippen LogP contribution in [0.1, 0.15) is 29.0 Å². The van der Waals surface area contributed by atoms with Crippen LogP contribution in [0.3, 0.4) is 0 Å². The van der Waals surface area contributed by atoms with Crippen molar-refractivity contribution in [3.05, 3.63) is 11.4 Å². The summed E-state index contributed by atoms with van der Waals surface area (Å²) in [5.74, 6) is 0. The predicted molar refractivity (Wildman–Crippen MR) is 49.4 cm³/mol. The van der Waals surface area contributed by atoms with Crippen molar-refractivity contribution in [1.82, 2.24) is 15.0 Å². The maximum absolute atomic E-state index is 12.7. The lowest BCUT2D eigenvalue weighted by atomic mass is 10.2. The highest BCUT2D eigenvalue weighted by molar-refractivity contribution is 5.73. The van der Waals surface area contributed by atoms with Gasteiger partial charge in [0.15, 0.2) is 17.7 Å². The predicted octanol–water partition coefficient (Wildman–Crippen LogP) is 1.29. The molecule has 0 saturated carbocycles. The van der Waals surface area contributed by atoms with E-state index in [-0.39, 0.29) is 18.9 Å². The van der Waals surface area contributed by atoms with Gasteiger partial charge < -0.3 is 4.74 Å². The van der Waals surface area contributed by atoms with E-state index in [4.69, 9.17) is 4.74 Å². The number of hydrogen-bond acceptors (Lipinski definition) is 4. The third kappa shape index (κ3) is 2.46. The second kappa shape index (κ2) is 4.44. The standard InChI is InChI=1S/C9H10F3N3O2/c10-9(11,12)8-7(5-16)13-14-15(8)4-6-2-1-3-17-6/h5-6H,1-4H2. The first-order valence-corrected chi connectivity index (χ1v) is 5.10. The van der Waals surface area contributed by atoms with E-state index < -0.39 is 17.6 Å². The van der Waals surface area contributed by atoms with Crippen molar-refractivity contribution in [2.45, 2.75) is 31.7 Å². The lowest BCUT2D eigenvalue weighted by molar-refractivity contribution is -0.145. The van der Waals surface area contributed by atoms with Crippen LogP contribution >= 0.6 is 0 Å². The van der Waals surface area contributed by atoms with E-state index in [1.54, 1.807) is 0 Å². The molecule has 2 rings (SSSR count). The maximum atomic E-state index is 12.7. The number of ether oxygens (including phenoxy) is 1. The highest BCUT2D eigenvalue weighted by Crippen LogP contribution is 2.31. The molecule has 0 aromatic carbocycles. The lowest BCUT2D eigenvalue weighted by Crippen LogP contribution is -2.22. The molecule has 17 heavy (non-hydrogen) atoms. The molecule has 1 aliphatic rings. The van der Waals surface area contributed by atoms with Gasteiger partial charge in [-0.15, -0.1) is 5.10 Å². The van der Waals surface area contributed by atoms with Crippen molar-refractivity contribution in [1.29, 1.82) is 0 Å². The molecular weight excluding hydrogens is 239 g/mol. The minimum Gasteiger partial charge on any atom is -0.376 e. The number of halogens is 3. The molecule has 1 aromatic rings. The normalized spacial score (nSPS) is 20.8. The number of aldehydes is 1. The van der Waals surface area contributed by atoms with Crippen molar-refractivity contribution in [2.75, 3.05) is 6.61 Å². The highest BCUT2D eigenvalue weighted by atomic mass is 19.4. The van der Waals surface area contributed by atoms with Gasteiger partial charge in [-0.1, -0.05) is 5.21 Å². The van der Waals surface area contributed by atoms with Crippen LogP contribution in [-0.4, -0.2) is 34.0 Å². The summed E-state index contributed by atoms with van der Waals surface area (Å²) in [6.45, 7) is 0.511. The zero-order valence-corrected chi connectivity index (χ0v) is 8.78. The number of hydrogen-bond donors (Lipinski definition) is 0. The lowest BCUT2D eigenvalue weighted by Gasteiger charge is -2.13. The average Bonchev–Trinajstić information content (AvgIpc) is 2.85. The fourth-order valence-electron chi connectivity index (χ4n) is 1.81. The van der Waals surface area contributed by atoms with Gasteiger partial charge in [-0.25, -0.2) is 4.68 Å². The number of aromatic nitrogens is 3. The Kier molecular flexibility index (Phi) is 3.14. The van der Waals surface area contributed by atoms with Crippen LogP contribution in [0.5, 0.6) is 0 Å². The zero-order chi connectivity index (χ0) is 12.5. The number of alkyl halides is 3. The summed E-state index contributed by atoms with van der Waals surface area (Å²) in [6, 6.07) is 0. The van der Waals surface area contributed by atoms with E-state index >= 15 is 0 Å². The Morgan fingerprint density at radius 2 is 2.29 bits per heavy atom. The Bertz CT molecular complexity index is 410. The Morgan fingerprint density at radius 1 is 1.53 bits per heavy atom. The van der Waals surface area contributed by atoms with Crippen molar-refractivity contribution in [3.63, 3.8) is 0 Å². The zero-order valence-electron chi connectivity index (χ0n) is 8.78. The van der Waals surface area contributed by atoms with E-state index in [1.165, 1.54) is 0 Å². The highest BCUT2D eigenvalue weighted by Gasteiger charge is 2.39. The third-order valence-electron chi connectivity index (χ3n) is 2.54. The topological polar surface area (TPSA) is 57.0 Å². The van der Waals surface area contributed by atoms with Crippen molar-refractivity contribution >= 4 is 6.29 Å². The Hall–Kier alpha value is -1.44. The molecule has 0 bridgehead atoms. The van der Waals surface area contributed by atoms with E-state index in [1.807, 2.05) is 0 Å². The van der Waals surface area contributed by atoms with Gasteiger partial charge in [-0.05, 0) is 12.8 Å². The second-order valence-electron chi connectivity index (χ2n) is 3.76. The molecule has 0 radical (unpaired) electrons. The maximum Gasteiger partial charge on any atom is 0.435 e. The molecule has 1 aromatic heterocycles. The van der Waals surface area contributed by atoms with Crippen LogP contribution < -0.4 is 0 Å². The van der Waals surface area contributed by atoms with Crippen LogP contribution in [0.4, 0.5) is 13.2 Å². The van der Waals surface area contributed by atoms with Gasteiger partial charge in [0, 0.05) is 6.61 Å². The Morgan fingerprint density at radius 3 is 2.82 bits per heavy atom. The number of rotatable bonds is 3. The number of carbonyl (C=O) groups is 1. The van der Waals surface area contributed by atoms with Crippen molar-refractivity contribution in [3.8, 4) is 0 Å². The summed E-state index contributed by atoms with van der Waals surface area (Å²) in [5, 5.41) is 6.56. The van der Waals surface area contributed by atoms with Gasteiger partial charge in [0.2, 0.25) is 0 Å². The Balaban J connectivity index is 2.27. The fourth-order valence-corrected chi connectivity index (χ4v) is 1.81. The second-order valence-corrected chi connectivity index (χ2v) is 3.76. The molecule has 2 heterocycles. The molecule has 0 N–H and O–H groups in total. The van der Waals surface area contributed by atoms with Crippen molar-refractivity contribution < 1.29 is 22.7 Å². The smallest absolute Gasteiger partial charge is 0.376 e. The third-order valence-corrected chi connectivity index (χ3v) is 2.54. The first-order chi connectivity index (χ1) is 8.02. The van der Waals surface area contributed by atoms with E-state index in [2.05, 4.69) is 10.3 Å². The average molecular weight is 249 g/mol. The fraction of sp³-hybridized carbons (Fsp3) is 0.667. The molecule has 94 valence electrons. The summed E-state index contributed by atoms with van der Waals surface area (Å²) in [4.78, 5) is 10.5. The largest absolute Gasteiger partial charge is 0.435 e. The molecular formula is C9H10F3N3O2. The molecule has 0 amide bonds. The van der Waals surface area contributed by atoms with E-state index in [0.717, 1.165) is 6.42 Å². The van der Waals surface area contributed by atoms with Crippen molar-refractivity contribution in [2.24, 2.45) is 0 Å². The van der Waals surface area contributed by atoms with Gasteiger partial charge in [-0.2, -0.15) is 13.2 Å². The summed E-state index contributed by atoms with van der Waals surface area (Å²) >= 11 is 0. The van der Waals surface area contributed by atoms with E-state index in [9.17, 15) is 18.0 Å². The summed E-state index contributed by atoms with van der Waals surface area (Å²) < 4.78 is 44.0. The van der Waals surface area contributed by atoms with Crippen LogP contribution in [0, 0.1) is 0 Å². The quantitative estimate of drug-likeness (QED) is 0.757. The van der Waals surface area contributed by atoms with Gasteiger partial charge in [0.05, 0.1) is 12.6 Å². The van der Waals surface area contributed by atoms with Crippen LogP contribution in [0.25, 0.3) is 0 Å². The minimum absolute atomic E-state index is 0.0321. The van der Waals surface area contributed by atoms with Gasteiger partial charge in [0.1, 0.15) is 0 Å². The summed E-state index contributed by atoms with van der Waals surface area (Å²) in [6.07, 6.45) is -3.37. The van der Waals surface area contributed by atoms with Gasteiger partial charge in [-0.3, -0.25) is 4.79 Å². The van der Waals surface area contributed by atoms with Crippen LogP contribution in [-0.2, 0) is 17.5 Å². The first kappa shape index (κ1) is 12.0. The number of carbonyl (C=O) groups excluding carboxylic acids is 1. The molecule has 5 nitrogen and oxygen atoms in total. The summed E-state index contributed by atoms with van der Waals surface area (Å²) in [5.41, 5.74) is -1.79. The minimum atomic E-state index is -4.64. The van der Waals surface area contributed by atoms with Gasteiger partial charge in [0.25, 0.3) is 0 Å². The molecule has 8 heteroatoms. The molecule has 1 fully saturated rings. The van der Waals surface area contributed by atoms with Crippen LogP contribution in [0.2, 0.25) is 0 Å².